The summed E-state index contributed by atoms with van der Waals surface area (Å²) >= 11 is 0. The van der Waals surface area contributed by atoms with Crippen molar-refractivity contribution in [3.63, 3.8) is 0 Å². The number of dihydropyridines is 1. The third-order valence-electron chi connectivity index (χ3n) is 1.52. The third-order valence-corrected chi connectivity index (χ3v) is 1.52. The SMILES string of the molecule is C[C]1NC=CC=C1N(C)C. The van der Waals surface area contributed by atoms with Gasteiger partial charge in [0.15, 0.2) is 0 Å². The Balaban J connectivity index is 2.70. The highest BCUT2D eigenvalue weighted by Gasteiger charge is 2.10. The molecule has 2 nitrogen and oxygen atoms in total. The molecule has 1 radical (unpaired) electrons. The average Bonchev–Trinajstić information content (AvgIpc) is 1.88. The molecule has 0 aromatic rings. The van der Waals surface area contributed by atoms with Crippen LogP contribution in [0.4, 0.5) is 0 Å². The lowest BCUT2D eigenvalue weighted by atomic mass is 10.2. The van der Waals surface area contributed by atoms with E-state index in [0.29, 0.717) is 0 Å². The summed E-state index contributed by atoms with van der Waals surface area (Å²) in [6.45, 7) is 2.06. The zero-order valence-electron chi connectivity index (χ0n) is 6.68. The maximum absolute atomic E-state index is 3.14. The molecule has 1 aliphatic rings. The van der Waals surface area contributed by atoms with E-state index in [1.165, 1.54) is 11.7 Å². The summed E-state index contributed by atoms with van der Waals surface area (Å²) in [6.07, 6.45) is 6.02. The Kier molecular flexibility index (Phi) is 2.00. The molecule has 0 spiro atoms. The molecular formula is C8H13N2. The maximum Gasteiger partial charge on any atom is 0.103 e. The Hall–Kier alpha value is -0.920. The van der Waals surface area contributed by atoms with Crippen LogP contribution in [0.25, 0.3) is 0 Å². The largest absolute Gasteiger partial charge is 0.379 e. The number of likely N-dealkylation sites (N-methyl/N-ethyl adjacent to an activating group) is 1. The van der Waals surface area contributed by atoms with E-state index in [-0.39, 0.29) is 0 Å². The summed E-state index contributed by atoms with van der Waals surface area (Å²) in [7, 11) is 4.08. The number of rotatable bonds is 1. The van der Waals surface area contributed by atoms with E-state index in [4.69, 9.17) is 0 Å². The fraction of sp³-hybridized carbons (Fsp3) is 0.375. The van der Waals surface area contributed by atoms with E-state index in [1.807, 2.05) is 26.4 Å². The number of nitrogens with zero attached hydrogens (tertiary/aromatic N) is 1. The van der Waals surface area contributed by atoms with Gasteiger partial charge in [0.25, 0.3) is 0 Å². The van der Waals surface area contributed by atoms with Crippen molar-refractivity contribution in [2.45, 2.75) is 6.92 Å². The van der Waals surface area contributed by atoms with Gasteiger partial charge in [-0.2, -0.15) is 0 Å². The topological polar surface area (TPSA) is 15.3 Å². The van der Waals surface area contributed by atoms with E-state index in [0.717, 1.165) is 0 Å². The van der Waals surface area contributed by atoms with Crippen LogP contribution in [-0.2, 0) is 0 Å². The second-order valence-corrected chi connectivity index (χ2v) is 2.57. The monoisotopic (exact) mass is 137 g/mol. The third kappa shape index (κ3) is 1.32. The molecule has 1 rings (SSSR count). The highest BCUT2D eigenvalue weighted by atomic mass is 15.1. The molecule has 1 aliphatic heterocycles. The van der Waals surface area contributed by atoms with Crippen LogP contribution in [-0.4, -0.2) is 19.0 Å². The van der Waals surface area contributed by atoms with Crippen molar-refractivity contribution in [2.24, 2.45) is 0 Å². The van der Waals surface area contributed by atoms with E-state index in [1.54, 1.807) is 0 Å². The van der Waals surface area contributed by atoms with Gasteiger partial charge in [-0.25, -0.2) is 0 Å². The molecule has 0 unspecified atom stereocenters. The van der Waals surface area contributed by atoms with E-state index < -0.39 is 0 Å². The van der Waals surface area contributed by atoms with Crippen LogP contribution < -0.4 is 5.32 Å². The van der Waals surface area contributed by atoms with Crippen LogP contribution in [0.1, 0.15) is 6.92 Å². The first kappa shape index (κ1) is 7.19. The van der Waals surface area contributed by atoms with E-state index >= 15 is 0 Å². The van der Waals surface area contributed by atoms with Crippen molar-refractivity contribution >= 4 is 0 Å². The van der Waals surface area contributed by atoms with Crippen molar-refractivity contribution in [1.82, 2.24) is 10.2 Å². The molecular weight excluding hydrogens is 124 g/mol. The highest BCUT2D eigenvalue weighted by molar-refractivity contribution is 5.28. The quantitative estimate of drug-likeness (QED) is 0.582. The van der Waals surface area contributed by atoms with Gasteiger partial charge in [-0.1, -0.05) is 0 Å². The summed E-state index contributed by atoms with van der Waals surface area (Å²) in [4.78, 5) is 2.09. The Morgan fingerprint density at radius 2 is 2.10 bits per heavy atom. The van der Waals surface area contributed by atoms with Gasteiger partial charge in [-0.3, -0.25) is 0 Å². The van der Waals surface area contributed by atoms with Gasteiger partial charge in [-0.15, -0.1) is 0 Å². The highest BCUT2D eigenvalue weighted by Crippen LogP contribution is 2.14. The normalized spacial score (nSPS) is 18.1. The smallest absolute Gasteiger partial charge is 0.103 e. The van der Waals surface area contributed by atoms with Crippen LogP contribution >= 0.6 is 0 Å². The standard InChI is InChI=1S/C8H13N2/c1-7-8(10(2)3)5-4-6-9-7/h4-6,9H,1-3H3. The molecule has 0 aromatic heterocycles. The fourth-order valence-electron chi connectivity index (χ4n) is 0.996. The van der Waals surface area contributed by atoms with Gasteiger partial charge >= 0.3 is 0 Å². The minimum atomic E-state index is 1.20. The summed E-state index contributed by atoms with van der Waals surface area (Å²) in [5, 5.41) is 3.14. The van der Waals surface area contributed by atoms with Crippen molar-refractivity contribution in [3.05, 3.63) is 30.1 Å². The first-order chi connectivity index (χ1) is 4.72. The molecule has 0 aliphatic carbocycles. The first-order valence-electron chi connectivity index (χ1n) is 3.36. The van der Waals surface area contributed by atoms with Gasteiger partial charge in [0.1, 0.15) is 6.04 Å². The van der Waals surface area contributed by atoms with Crippen LogP contribution in [0.5, 0.6) is 0 Å². The molecule has 0 aromatic carbocycles. The van der Waals surface area contributed by atoms with Gasteiger partial charge in [0.05, 0.1) is 0 Å². The van der Waals surface area contributed by atoms with Crippen LogP contribution in [0.2, 0.25) is 0 Å². The molecule has 0 bridgehead atoms. The summed E-state index contributed by atoms with van der Waals surface area (Å²) in [6, 6.07) is 1.20. The van der Waals surface area contributed by atoms with Crippen LogP contribution in [0.15, 0.2) is 24.0 Å². The van der Waals surface area contributed by atoms with Crippen molar-refractivity contribution in [2.75, 3.05) is 14.1 Å². The minimum absolute atomic E-state index is 1.20. The predicted octanol–water partition coefficient (Wildman–Crippen LogP) is 1.10. The van der Waals surface area contributed by atoms with Gasteiger partial charge in [0.2, 0.25) is 0 Å². The molecule has 0 fully saturated rings. The summed E-state index contributed by atoms with van der Waals surface area (Å²) in [5.41, 5.74) is 1.24. The Morgan fingerprint density at radius 3 is 2.50 bits per heavy atom. The lowest BCUT2D eigenvalue weighted by molar-refractivity contribution is 0.491. The maximum atomic E-state index is 3.14. The second kappa shape index (κ2) is 2.78. The molecule has 1 heterocycles. The van der Waals surface area contributed by atoms with Crippen LogP contribution in [0, 0.1) is 6.04 Å². The molecule has 0 saturated carbocycles. The zero-order valence-corrected chi connectivity index (χ0v) is 6.68. The van der Waals surface area contributed by atoms with Crippen molar-refractivity contribution in [1.29, 1.82) is 0 Å². The van der Waals surface area contributed by atoms with Gasteiger partial charge in [0, 0.05) is 19.8 Å². The number of nitrogens with one attached hydrogen (secondary N) is 1. The Morgan fingerprint density at radius 1 is 1.40 bits per heavy atom. The Labute approximate surface area is 62.2 Å². The van der Waals surface area contributed by atoms with Gasteiger partial charge in [-0.05, 0) is 25.3 Å². The van der Waals surface area contributed by atoms with E-state index in [9.17, 15) is 0 Å². The molecule has 2 heteroatoms. The van der Waals surface area contributed by atoms with Crippen LogP contribution in [0.3, 0.4) is 0 Å². The van der Waals surface area contributed by atoms with Crippen molar-refractivity contribution in [3.8, 4) is 0 Å². The predicted molar refractivity (Wildman–Crippen MR) is 43.0 cm³/mol. The molecule has 0 atom stereocenters. The van der Waals surface area contributed by atoms with E-state index in [2.05, 4.69) is 23.2 Å². The summed E-state index contributed by atoms with van der Waals surface area (Å²) in [5.74, 6) is 0. The fourth-order valence-corrected chi connectivity index (χ4v) is 0.996. The molecule has 0 amide bonds. The van der Waals surface area contributed by atoms with Gasteiger partial charge < -0.3 is 10.2 Å². The minimum Gasteiger partial charge on any atom is -0.379 e. The number of allylic oxidation sites excluding steroid dienone is 2. The lowest BCUT2D eigenvalue weighted by Crippen LogP contribution is -2.25. The molecule has 55 valence electrons. The first-order valence-corrected chi connectivity index (χ1v) is 3.36. The average molecular weight is 137 g/mol. The lowest BCUT2D eigenvalue weighted by Gasteiger charge is -2.24. The number of hydrogen-bond donors (Lipinski definition) is 1. The second-order valence-electron chi connectivity index (χ2n) is 2.57. The molecule has 10 heavy (non-hydrogen) atoms. The molecule has 1 N–H and O–H groups in total. The summed E-state index contributed by atoms with van der Waals surface area (Å²) < 4.78 is 0. The Bertz CT molecular complexity index is 168. The zero-order chi connectivity index (χ0) is 7.56. The number of hydrogen-bond acceptors (Lipinski definition) is 2. The molecule has 0 saturated heterocycles. The van der Waals surface area contributed by atoms with Crippen molar-refractivity contribution < 1.29 is 0 Å².